The second-order valence-corrected chi connectivity index (χ2v) is 8.88. The lowest BCUT2D eigenvalue weighted by molar-refractivity contribution is -0.257. The highest BCUT2D eigenvalue weighted by Gasteiger charge is 2.63. The first kappa shape index (κ1) is 13.5. The van der Waals surface area contributed by atoms with Gasteiger partial charge in [0.25, 0.3) is 0 Å². The molecular formula is C17H28O3. The molecule has 3 heteroatoms. The second-order valence-electron chi connectivity index (χ2n) is 8.88. The van der Waals surface area contributed by atoms with Crippen molar-refractivity contribution in [3.63, 3.8) is 0 Å². The third-order valence-corrected chi connectivity index (χ3v) is 6.02. The predicted octanol–water partition coefficient (Wildman–Crippen LogP) is 3.31. The molecule has 5 rings (SSSR count). The van der Waals surface area contributed by atoms with Crippen LogP contribution in [0, 0.1) is 11.3 Å². The van der Waals surface area contributed by atoms with Crippen molar-refractivity contribution < 1.29 is 14.2 Å². The maximum absolute atomic E-state index is 6.30. The van der Waals surface area contributed by atoms with Crippen LogP contribution >= 0.6 is 0 Å². The van der Waals surface area contributed by atoms with E-state index in [2.05, 4.69) is 27.7 Å². The molecule has 3 heterocycles. The monoisotopic (exact) mass is 280 g/mol. The summed E-state index contributed by atoms with van der Waals surface area (Å²) in [4.78, 5) is 0. The van der Waals surface area contributed by atoms with Crippen LogP contribution < -0.4 is 0 Å². The molecule has 0 aromatic rings. The maximum atomic E-state index is 6.30. The largest absolute Gasteiger partial charge is 0.375 e. The fraction of sp³-hybridized carbons (Fsp3) is 1.00. The van der Waals surface area contributed by atoms with Crippen LogP contribution in [0.3, 0.4) is 0 Å². The van der Waals surface area contributed by atoms with E-state index in [9.17, 15) is 0 Å². The molecule has 0 amide bonds. The van der Waals surface area contributed by atoms with Crippen molar-refractivity contribution in [1.82, 2.24) is 0 Å². The van der Waals surface area contributed by atoms with Gasteiger partial charge in [0.05, 0.1) is 30.0 Å². The minimum Gasteiger partial charge on any atom is -0.375 e. The molecule has 0 N–H and O–H groups in total. The van der Waals surface area contributed by atoms with E-state index in [-0.39, 0.29) is 17.3 Å². The van der Waals surface area contributed by atoms with E-state index in [4.69, 9.17) is 14.2 Å². The van der Waals surface area contributed by atoms with E-state index in [0.717, 1.165) is 19.4 Å². The second kappa shape index (κ2) is 3.99. The van der Waals surface area contributed by atoms with Crippen LogP contribution in [0.4, 0.5) is 0 Å². The van der Waals surface area contributed by atoms with Gasteiger partial charge in [-0.3, -0.25) is 0 Å². The van der Waals surface area contributed by atoms with E-state index in [1.165, 1.54) is 19.3 Å². The molecule has 6 atom stereocenters. The van der Waals surface area contributed by atoms with Crippen molar-refractivity contribution in [3.05, 3.63) is 0 Å². The third kappa shape index (κ3) is 2.13. The molecule has 20 heavy (non-hydrogen) atoms. The van der Waals surface area contributed by atoms with E-state index < -0.39 is 0 Å². The van der Waals surface area contributed by atoms with Gasteiger partial charge >= 0.3 is 0 Å². The Morgan fingerprint density at radius 3 is 2.50 bits per heavy atom. The van der Waals surface area contributed by atoms with Crippen molar-refractivity contribution in [2.45, 2.75) is 89.3 Å². The standard InChI is InChI=1S/C17H28O3/c1-15(2)7-13(14-17(4,10-15)20-14)18-9-11-5-6-16(3)8-12(11)19-16/h11-14H,5-10H2,1-4H3. The summed E-state index contributed by atoms with van der Waals surface area (Å²) in [5.41, 5.74) is 0.626. The molecule has 114 valence electrons. The Bertz CT molecular complexity index is 404. The van der Waals surface area contributed by atoms with Gasteiger partial charge in [-0.05, 0) is 44.9 Å². The maximum Gasteiger partial charge on any atom is 0.113 e. The van der Waals surface area contributed by atoms with Crippen LogP contribution in [-0.2, 0) is 14.2 Å². The lowest BCUT2D eigenvalue weighted by Crippen LogP contribution is -2.57. The highest BCUT2D eigenvalue weighted by molar-refractivity contribution is 5.11. The molecule has 0 radical (unpaired) electrons. The van der Waals surface area contributed by atoms with Gasteiger partial charge in [-0.2, -0.15) is 0 Å². The van der Waals surface area contributed by atoms with Crippen molar-refractivity contribution >= 4 is 0 Å². The van der Waals surface area contributed by atoms with Gasteiger partial charge in [-0.15, -0.1) is 0 Å². The van der Waals surface area contributed by atoms with Crippen molar-refractivity contribution in [1.29, 1.82) is 0 Å². The lowest BCUT2D eigenvalue weighted by Gasteiger charge is -2.54. The predicted molar refractivity (Wildman–Crippen MR) is 76.7 cm³/mol. The quantitative estimate of drug-likeness (QED) is 0.743. The molecule has 3 nitrogen and oxygen atoms in total. The molecule has 6 unspecified atom stereocenters. The van der Waals surface area contributed by atoms with Crippen LogP contribution in [-0.4, -0.2) is 36.1 Å². The smallest absolute Gasteiger partial charge is 0.113 e. The van der Waals surface area contributed by atoms with Gasteiger partial charge in [0.15, 0.2) is 0 Å². The Kier molecular flexibility index (Phi) is 2.70. The van der Waals surface area contributed by atoms with E-state index in [0.29, 0.717) is 23.5 Å². The first-order chi connectivity index (χ1) is 9.29. The Labute approximate surface area is 122 Å². The average molecular weight is 280 g/mol. The number of fused-ring (bicyclic) bond motifs is 3. The van der Waals surface area contributed by atoms with Crippen LogP contribution in [0.1, 0.15) is 59.8 Å². The summed E-state index contributed by atoms with van der Waals surface area (Å²) < 4.78 is 18.3. The fourth-order valence-corrected chi connectivity index (χ4v) is 5.01. The zero-order chi connectivity index (χ0) is 14.2. The lowest BCUT2D eigenvalue weighted by atomic mass is 9.71. The van der Waals surface area contributed by atoms with Gasteiger partial charge in [-0.1, -0.05) is 13.8 Å². The van der Waals surface area contributed by atoms with Gasteiger partial charge in [0.1, 0.15) is 6.10 Å². The summed E-state index contributed by atoms with van der Waals surface area (Å²) in [6, 6.07) is 0. The number of hydrogen-bond donors (Lipinski definition) is 0. The summed E-state index contributed by atoms with van der Waals surface area (Å²) in [5, 5.41) is 0. The molecule has 2 bridgehead atoms. The minimum atomic E-state index is 0.0878. The molecule has 0 spiro atoms. The van der Waals surface area contributed by atoms with Crippen molar-refractivity contribution in [2.24, 2.45) is 11.3 Å². The molecule has 2 aliphatic carbocycles. The fourth-order valence-electron chi connectivity index (χ4n) is 5.01. The number of hydrogen-bond acceptors (Lipinski definition) is 3. The van der Waals surface area contributed by atoms with Crippen LogP contribution in [0.2, 0.25) is 0 Å². The van der Waals surface area contributed by atoms with Gasteiger partial charge in [-0.25, -0.2) is 0 Å². The zero-order valence-electron chi connectivity index (χ0n) is 13.3. The van der Waals surface area contributed by atoms with Crippen molar-refractivity contribution in [3.8, 4) is 0 Å². The zero-order valence-corrected chi connectivity index (χ0v) is 13.3. The number of ether oxygens (including phenoxy) is 3. The first-order valence-corrected chi connectivity index (χ1v) is 8.26. The highest BCUT2D eigenvalue weighted by atomic mass is 16.6. The third-order valence-electron chi connectivity index (χ3n) is 6.02. The number of rotatable bonds is 3. The Morgan fingerprint density at radius 1 is 1.10 bits per heavy atom. The topological polar surface area (TPSA) is 31.0 Å². The van der Waals surface area contributed by atoms with Crippen LogP contribution in [0.15, 0.2) is 0 Å². The summed E-state index contributed by atoms with van der Waals surface area (Å²) in [6.07, 6.45) is 7.07. The molecule has 5 aliphatic rings. The highest BCUT2D eigenvalue weighted by Crippen LogP contribution is 2.55. The van der Waals surface area contributed by atoms with Crippen LogP contribution in [0.5, 0.6) is 0 Å². The average Bonchev–Trinajstić information content (AvgIpc) is 2.95. The molecule has 2 saturated carbocycles. The summed E-state index contributed by atoms with van der Waals surface area (Å²) in [6.45, 7) is 10.0. The summed E-state index contributed by atoms with van der Waals surface area (Å²) in [7, 11) is 0. The first-order valence-electron chi connectivity index (χ1n) is 8.26. The number of epoxide rings is 1. The van der Waals surface area contributed by atoms with E-state index >= 15 is 0 Å². The molecule has 0 aromatic carbocycles. The molecule has 5 fully saturated rings. The summed E-state index contributed by atoms with van der Waals surface area (Å²) in [5.74, 6) is 0.604. The molecule has 0 aromatic heterocycles. The Hall–Kier alpha value is -0.120. The van der Waals surface area contributed by atoms with Gasteiger partial charge in [0, 0.05) is 12.3 Å². The molecule has 3 aliphatic heterocycles. The van der Waals surface area contributed by atoms with Gasteiger partial charge in [0.2, 0.25) is 0 Å². The summed E-state index contributed by atoms with van der Waals surface area (Å²) >= 11 is 0. The van der Waals surface area contributed by atoms with E-state index in [1.54, 1.807) is 0 Å². The Balaban J connectivity index is 1.34. The van der Waals surface area contributed by atoms with Crippen molar-refractivity contribution in [2.75, 3.05) is 6.61 Å². The Morgan fingerprint density at radius 2 is 1.85 bits per heavy atom. The molecular weight excluding hydrogens is 252 g/mol. The normalized spacial score (nSPS) is 55.8. The molecule has 3 saturated heterocycles. The minimum absolute atomic E-state index is 0.0878. The van der Waals surface area contributed by atoms with Gasteiger partial charge < -0.3 is 14.2 Å². The SMILES string of the molecule is CC1(C)CC(OCC2CCC3(C)CC2O3)C2OC2(C)C1. The van der Waals surface area contributed by atoms with Crippen LogP contribution in [0.25, 0.3) is 0 Å². The van der Waals surface area contributed by atoms with E-state index in [1.807, 2.05) is 0 Å².